The Hall–Kier alpha value is -4.74. The number of pyridine rings is 1. The van der Waals surface area contributed by atoms with E-state index in [2.05, 4.69) is 20.6 Å². The Morgan fingerprint density at radius 3 is 2.28 bits per heavy atom. The monoisotopic (exact) mass is 541 g/mol. The molecule has 0 bridgehead atoms. The molecule has 0 saturated carbocycles. The third kappa shape index (κ3) is 7.87. The fourth-order valence-electron chi connectivity index (χ4n) is 3.59. The maximum absolute atomic E-state index is 13.1. The van der Waals surface area contributed by atoms with Crippen molar-refractivity contribution in [3.8, 4) is 22.8 Å². The van der Waals surface area contributed by atoms with Crippen LogP contribution < -0.4 is 15.4 Å². The van der Waals surface area contributed by atoms with Crippen molar-refractivity contribution in [2.45, 2.75) is 18.6 Å². The van der Waals surface area contributed by atoms with E-state index >= 15 is 0 Å². The molecule has 202 valence electrons. The molecule has 2 N–H and O–H groups in total. The van der Waals surface area contributed by atoms with Crippen molar-refractivity contribution < 1.29 is 31.9 Å². The van der Waals surface area contributed by atoms with Crippen molar-refractivity contribution in [2.24, 2.45) is 7.05 Å². The van der Waals surface area contributed by atoms with Gasteiger partial charge in [0.1, 0.15) is 41.3 Å². The van der Waals surface area contributed by atoms with Crippen LogP contribution >= 0.6 is 0 Å². The largest absolute Gasteiger partial charge is 0.457 e. The molecule has 1 amide bonds. The second-order valence-corrected chi connectivity index (χ2v) is 8.57. The molecule has 8 nitrogen and oxygen atoms in total. The van der Waals surface area contributed by atoms with Gasteiger partial charge >= 0.3 is 6.18 Å². The SMILES string of the molecule is Cn1cnc(C(=O)C(CNc2cccc(-c3ccc(Oc4ccc(F)cc4)cc3)n2)NC(=O)CC(F)(F)F)c1. The van der Waals surface area contributed by atoms with Gasteiger partial charge in [0.25, 0.3) is 0 Å². The standard InChI is InChI=1S/C27H23F4N5O3/c1-36-15-23(33-16-36)26(38)22(35-25(37)13-27(29,30)31)14-32-24-4-2-3-21(34-24)17-5-9-19(10-6-17)39-20-11-7-18(28)8-12-20/h2-12,15-16,22H,13-14H2,1H3,(H,32,34)(H,35,37). The number of ketones is 1. The number of rotatable bonds is 10. The molecule has 2 aromatic heterocycles. The average molecular weight is 542 g/mol. The van der Waals surface area contributed by atoms with Crippen molar-refractivity contribution in [3.63, 3.8) is 0 Å². The molecule has 0 radical (unpaired) electrons. The number of amides is 1. The summed E-state index contributed by atoms with van der Waals surface area (Å²) >= 11 is 0. The van der Waals surface area contributed by atoms with Gasteiger partial charge in [0, 0.05) is 25.4 Å². The molecule has 0 spiro atoms. The zero-order valence-electron chi connectivity index (χ0n) is 20.6. The first kappa shape index (κ1) is 27.3. The smallest absolute Gasteiger partial charge is 0.397 e. The van der Waals surface area contributed by atoms with E-state index in [0.717, 1.165) is 5.56 Å². The summed E-state index contributed by atoms with van der Waals surface area (Å²) in [7, 11) is 1.64. The Bertz CT molecular complexity index is 1440. The topological polar surface area (TPSA) is 98.1 Å². The van der Waals surface area contributed by atoms with Gasteiger partial charge in [-0.05, 0) is 60.7 Å². The van der Waals surface area contributed by atoms with E-state index in [0.29, 0.717) is 23.0 Å². The van der Waals surface area contributed by atoms with E-state index in [1.165, 1.54) is 41.4 Å². The van der Waals surface area contributed by atoms with E-state index in [4.69, 9.17) is 4.74 Å². The van der Waals surface area contributed by atoms with Crippen LogP contribution in [0.15, 0.2) is 79.3 Å². The van der Waals surface area contributed by atoms with Crippen LogP contribution in [-0.4, -0.2) is 45.0 Å². The van der Waals surface area contributed by atoms with Gasteiger partial charge < -0.3 is 19.9 Å². The molecule has 1 unspecified atom stereocenters. The third-order valence-electron chi connectivity index (χ3n) is 5.41. The molecule has 0 aliphatic heterocycles. The number of hydrogen-bond donors (Lipinski definition) is 2. The number of imidazole rings is 1. The highest BCUT2D eigenvalue weighted by atomic mass is 19.4. The van der Waals surface area contributed by atoms with Crippen molar-refractivity contribution in [2.75, 3.05) is 11.9 Å². The second-order valence-electron chi connectivity index (χ2n) is 8.57. The highest BCUT2D eigenvalue weighted by molar-refractivity contribution is 6.00. The van der Waals surface area contributed by atoms with E-state index in [1.54, 1.807) is 49.5 Å². The number of aryl methyl sites for hydroxylation is 1. The molecule has 2 aromatic carbocycles. The van der Waals surface area contributed by atoms with Gasteiger partial charge in [-0.1, -0.05) is 6.07 Å². The summed E-state index contributed by atoms with van der Waals surface area (Å²) in [6.07, 6.45) is -3.65. The van der Waals surface area contributed by atoms with Crippen LogP contribution in [0, 0.1) is 5.82 Å². The Labute approximate surface area is 220 Å². The first-order valence-corrected chi connectivity index (χ1v) is 11.7. The van der Waals surface area contributed by atoms with E-state index in [1.807, 2.05) is 0 Å². The molecule has 1 atom stereocenters. The number of benzene rings is 2. The molecule has 0 fully saturated rings. The fraction of sp³-hybridized carbons (Fsp3) is 0.185. The van der Waals surface area contributed by atoms with E-state index < -0.39 is 30.3 Å². The molecule has 4 aromatic rings. The van der Waals surface area contributed by atoms with Crippen LogP contribution in [0.5, 0.6) is 11.5 Å². The lowest BCUT2D eigenvalue weighted by molar-refractivity contribution is -0.154. The zero-order valence-corrected chi connectivity index (χ0v) is 20.6. The predicted octanol–water partition coefficient (Wildman–Crippen LogP) is 5.15. The van der Waals surface area contributed by atoms with Crippen molar-refractivity contribution in [1.82, 2.24) is 19.9 Å². The summed E-state index contributed by atoms with van der Waals surface area (Å²) < 4.78 is 58.3. The number of carbonyl (C=O) groups excluding carboxylic acids is 2. The van der Waals surface area contributed by atoms with E-state index in [9.17, 15) is 27.2 Å². The number of carbonyl (C=O) groups is 2. The van der Waals surface area contributed by atoms with Crippen LogP contribution in [0.1, 0.15) is 16.9 Å². The molecule has 0 aliphatic carbocycles. The number of nitrogens with zero attached hydrogens (tertiary/aromatic N) is 3. The summed E-state index contributed by atoms with van der Waals surface area (Å²) in [5.74, 6) is -0.998. The lowest BCUT2D eigenvalue weighted by Crippen LogP contribution is -2.46. The van der Waals surface area contributed by atoms with Crippen LogP contribution in [0.3, 0.4) is 0 Å². The molecule has 12 heteroatoms. The summed E-state index contributed by atoms with van der Waals surface area (Å²) in [5, 5.41) is 5.06. The average Bonchev–Trinajstić information content (AvgIpc) is 3.33. The normalized spacial score (nSPS) is 12.0. The van der Waals surface area contributed by atoms with Crippen LogP contribution in [0.2, 0.25) is 0 Å². The Morgan fingerprint density at radius 1 is 1.00 bits per heavy atom. The number of aromatic nitrogens is 3. The Balaban J connectivity index is 1.45. The number of anilines is 1. The summed E-state index contributed by atoms with van der Waals surface area (Å²) in [4.78, 5) is 33.3. The maximum Gasteiger partial charge on any atom is 0.397 e. The van der Waals surface area contributed by atoms with Crippen LogP contribution in [0.25, 0.3) is 11.3 Å². The lowest BCUT2D eigenvalue weighted by atomic mass is 10.1. The number of nitrogens with one attached hydrogen (secondary N) is 2. The van der Waals surface area contributed by atoms with E-state index in [-0.39, 0.29) is 18.1 Å². The summed E-state index contributed by atoms with van der Waals surface area (Å²) in [6, 6.07) is 16.4. The maximum atomic E-state index is 13.1. The number of halogens is 4. The van der Waals surface area contributed by atoms with Gasteiger partial charge in [-0.25, -0.2) is 14.4 Å². The highest BCUT2D eigenvalue weighted by Crippen LogP contribution is 2.26. The van der Waals surface area contributed by atoms with Crippen molar-refractivity contribution in [1.29, 1.82) is 0 Å². The molecule has 2 heterocycles. The molecule has 4 rings (SSSR count). The van der Waals surface area contributed by atoms with Gasteiger partial charge in [-0.15, -0.1) is 0 Å². The number of Topliss-reactive ketones (excluding diaryl/α,β-unsaturated/α-hetero) is 1. The van der Waals surface area contributed by atoms with Crippen LogP contribution in [-0.2, 0) is 11.8 Å². The van der Waals surface area contributed by atoms with Gasteiger partial charge in [-0.2, -0.15) is 13.2 Å². The molecule has 0 saturated heterocycles. The molecular formula is C27H23F4N5O3. The molecule has 39 heavy (non-hydrogen) atoms. The lowest BCUT2D eigenvalue weighted by Gasteiger charge is -2.18. The third-order valence-corrected chi connectivity index (χ3v) is 5.41. The zero-order chi connectivity index (χ0) is 28.0. The number of alkyl halides is 3. The first-order valence-electron chi connectivity index (χ1n) is 11.7. The summed E-state index contributed by atoms with van der Waals surface area (Å²) in [6.45, 7) is -0.222. The minimum Gasteiger partial charge on any atom is -0.457 e. The second kappa shape index (κ2) is 11.8. The number of hydrogen-bond acceptors (Lipinski definition) is 6. The van der Waals surface area contributed by atoms with Gasteiger partial charge in [0.2, 0.25) is 11.7 Å². The minimum absolute atomic E-state index is 0.00117. The highest BCUT2D eigenvalue weighted by Gasteiger charge is 2.33. The summed E-state index contributed by atoms with van der Waals surface area (Å²) in [5.41, 5.74) is 1.31. The first-order chi connectivity index (χ1) is 18.6. The van der Waals surface area contributed by atoms with Gasteiger partial charge in [0.15, 0.2) is 0 Å². The fourth-order valence-corrected chi connectivity index (χ4v) is 3.59. The van der Waals surface area contributed by atoms with Crippen molar-refractivity contribution >= 4 is 17.5 Å². The Kier molecular flexibility index (Phi) is 8.23. The van der Waals surface area contributed by atoms with Gasteiger partial charge in [-0.3, -0.25) is 9.59 Å². The predicted molar refractivity (Wildman–Crippen MR) is 135 cm³/mol. The van der Waals surface area contributed by atoms with Crippen LogP contribution in [0.4, 0.5) is 23.4 Å². The van der Waals surface area contributed by atoms with Crippen molar-refractivity contribution in [3.05, 3.63) is 90.8 Å². The van der Waals surface area contributed by atoms with Gasteiger partial charge in [0.05, 0.1) is 12.0 Å². The number of ether oxygens (including phenoxy) is 1. The Morgan fingerprint density at radius 2 is 1.67 bits per heavy atom. The minimum atomic E-state index is -4.72. The quantitative estimate of drug-likeness (QED) is 0.213. The molecule has 0 aliphatic rings. The molecular weight excluding hydrogens is 518 g/mol.